The molecule has 0 spiro atoms. The van der Waals surface area contributed by atoms with Crippen LogP contribution in [0.15, 0.2) is 34.9 Å². The molecule has 6 heteroatoms. The van der Waals surface area contributed by atoms with Crippen molar-refractivity contribution in [1.29, 1.82) is 0 Å². The van der Waals surface area contributed by atoms with Crippen LogP contribution in [-0.2, 0) is 0 Å². The van der Waals surface area contributed by atoms with Crippen molar-refractivity contribution in [1.82, 2.24) is 0 Å². The highest BCUT2D eigenvalue weighted by molar-refractivity contribution is 6.35. The molecule has 88 valence electrons. The van der Waals surface area contributed by atoms with Crippen molar-refractivity contribution in [3.63, 3.8) is 0 Å². The Morgan fingerprint density at radius 2 is 2.06 bits per heavy atom. The second-order valence-electron chi connectivity index (χ2n) is 3.19. The molecule has 1 amide bonds. The number of benzene rings is 1. The van der Waals surface area contributed by atoms with Gasteiger partial charge in [0.05, 0.1) is 22.5 Å². The Labute approximate surface area is 106 Å². The normalized spacial score (nSPS) is 10.3. The SMILES string of the molecule is O=C(Nc1ccc(F)cc1Cl)c1ccoc1Cl. The zero-order chi connectivity index (χ0) is 12.4. The summed E-state index contributed by atoms with van der Waals surface area (Å²) in [7, 11) is 0. The van der Waals surface area contributed by atoms with Crippen LogP contribution in [0.4, 0.5) is 10.1 Å². The molecule has 1 heterocycles. The fourth-order valence-corrected chi connectivity index (χ4v) is 1.65. The van der Waals surface area contributed by atoms with Gasteiger partial charge in [0.1, 0.15) is 5.82 Å². The zero-order valence-corrected chi connectivity index (χ0v) is 9.85. The molecule has 0 fully saturated rings. The van der Waals surface area contributed by atoms with Crippen molar-refractivity contribution in [2.75, 3.05) is 5.32 Å². The largest absolute Gasteiger partial charge is 0.452 e. The van der Waals surface area contributed by atoms with E-state index < -0.39 is 11.7 Å². The van der Waals surface area contributed by atoms with Gasteiger partial charge in [0.15, 0.2) is 0 Å². The van der Waals surface area contributed by atoms with Crippen LogP contribution in [0.1, 0.15) is 10.4 Å². The van der Waals surface area contributed by atoms with Crippen LogP contribution >= 0.6 is 23.2 Å². The number of amides is 1. The minimum atomic E-state index is -0.477. The molecule has 2 rings (SSSR count). The molecule has 0 aliphatic carbocycles. The van der Waals surface area contributed by atoms with Crippen molar-refractivity contribution < 1.29 is 13.6 Å². The van der Waals surface area contributed by atoms with Gasteiger partial charge < -0.3 is 9.73 Å². The van der Waals surface area contributed by atoms with Gasteiger partial charge in [0, 0.05) is 0 Å². The molecule has 2 aromatic rings. The first kappa shape index (κ1) is 12.0. The maximum atomic E-state index is 12.8. The third-order valence-corrected chi connectivity index (χ3v) is 2.65. The van der Waals surface area contributed by atoms with E-state index in [1.165, 1.54) is 24.5 Å². The molecule has 17 heavy (non-hydrogen) atoms. The van der Waals surface area contributed by atoms with Crippen molar-refractivity contribution in [2.24, 2.45) is 0 Å². The molecule has 1 N–H and O–H groups in total. The second kappa shape index (κ2) is 4.77. The van der Waals surface area contributed by atoms with E-state index in [9.17, 15) is 9.18 Å². The predicted octanol–water partition coefficient (Wildman–Crippen LogP) is 3.98. The maximum Gasteiger partial charge on any atom is 0.260 e. The first-order valence-electron chi connectivity index (χ1n) is 4.57. The average molecular weight is 274 g/mol. The Bertz CT molecular complexity index is 568. The molecule has 3 nitrogen and oxygen atoms in total. The number of nitrogens with one attached hydrogen (secondary N) is 1. The Morgan fingerprint density at radius 1 is 1.29 bits per heavy atom. The van der Waals surface area contributed by atoms with Crippen LogP contribution in [0, 0.1) is 5.82 Å². The minimum Gasteiger partial charge on any atom is -0.452 e. The number of hydrogen-bond acceptors (Lipinski definition) is 2. The summed E-state index contributed by atoms with van der Waals surface area (Å²) in [4.78, 5) is 11.7. The van der Waals surface area contributed by atoms with Crippen LogP contribution < -0.4 is 5.32 Å². The van der Waals surface area contributed by atoms with Crippen molar-refractivity contribution in [3.8, 4) is 0 Å². The third-order valence-electron chi connectivity index (χ3n) is 2.04. The minimum absolute atomic E-state index is 0.0132. The highest BCUT2D eigenvalue weighted by atomic mass is 35.5. The third kappa shape index (κ3) is 2.60. The molecule has 0 aliphatic rings. The lowest BCUT2D eigenvalue weighted by molar-refractivity contribution is 0.102. The molecular formula is C11H6Cl2FNO2. The predicted molar refractivity (Wildman–Crippen MR) is 63.1 cm³/mol. The molecule has 1 aromatic carbocycles. The van der Waals surface area contributed by atoms with Gasteiger partial charge in [-0.25, -0.2) is 4.39 Å². The molecule has 0 saturated carbocycles. The summed E-state index contributed by atoms with van der Waals surface area (Å²) in [5.41, 5.74) is 0.488. The van der Waals surface area contributed by atoms with Crippen molar-refractivity contribution in [2.45, 2.75) is 0 Å². The van der Waals surface area contributed by atoms with E-state index in [1.54, 1.807) is 0 Å². The van der Waals surface area contributed by atoms with E-state index in [-0.39, 0.29) is 15.8 Å². The van der Waals surface area contributed by atoms with Crippen molar-refractivity contribution in [3.05, 3.63) is 52.2 Å². The Kier molecular flexibility index (Phi) is 3.36. The summed E-state index contributed by atoms with van der Waals surface area (Å²) < 4.78 is 17.6. The summed E-state index contributed by atoms with van der Waals surface area (Å²) >= 11 is 11.4. The van der Waals surface area contributed by atoms with Gasteiger partial charge in [0.2, 0.25) is 5.22 Å². The summed E-state index contributed by atoms with van der Waals surface area (Å²) in [6.45, 7) is 0. The Morgan fingerprint density at radius 3 is 2.65 bits per heavy atom. The van der Waals surface area contributed by atoms with Gasteiger partial charge in [-0.3, -0.25) is 4.79 Å². The lowest BCUT2D eigenvalue weighted by Gasteiger charge is -2.05. The van der Waals surface area contributed by atoms with Gasteiger partial charge in [0.25, 0.3) is 5.91 Å². The van der Waals surface area contributed by atoms with Gasteiger partial charge in [-0.2, -0.15) is 0 Å². The smallest absolute Gasteiger partial charge is 0.260 e. The van der Waals surface area contributed by atoms with Crippen molar-refractivity contribution >= 4 is 34.8 Å². The topological polar surface area (TPSA) is 42.2 Å². The lowest BCUT2D eigenvalue weighted by Crippen LogP contribution is -2.11. The number of furan rings is 1. The van der Waals surface area contributed by atoms with Gasteiger partial charge in [-0.15, -0.1) is 0 Å². The summed E-state index contributed by atoms with van der Waals surface area (Å²) in [6, 6.07) is 5.09. The summed E-state index contributed by atoms with van der Waals surface area (Å²) in [5.74, 6) is -0.952. The number of halogens is 3. The highest BCUT2D eigenvalue weighted by Crippen LogP contribution is 2.24. The summed E-state index contributed by atoms with van der Waals surface area (Å²) in [5, 5.41) is 2.59. The van der Waals surface area contributed by atoms with Crippen LogP contribution in [-0.4, -0.2) is 5.91 Å². The molecule has 0 atom stereocenters. The van der Waals surface area contributed by atoms with E-state index >= 15 is 0 Å². The molecule has 0 radical (unpaired) electrons. The number of carbonyl (C=O) groups is 1. The molecule has 0 saturated heterocycles. The molecule has 0 unspecified atom stereocenters. The average Bonchev–Trinajstić information content (AvgIpc) is 2.68. The zero-order valence-electron chi connectivity index (χ0n) is 8.34. The van der Waals surface area contributed by atoms with Gasteiger partial charge in [-0.1, -0.05) is 11.6 Å². The Balaban J connectivity index is 2.22. The highest BCUT2D eigenvalue weighted by Gasteiger charge is 2.14. The standard InChI is InChI=1S/C11H6Cl2FNO2/c12-8-5-6(14)1-2-9(8)15-11(16)7-3-4-17-10(7)13/h1-5H,(H,15,16). The Hall–Kier alpha value is -1.52. The fourth-order valence-electron chi connectivity index (χ4n) is 1.24. The molecule has 0 aliphatic heterocycles. The van der Waals surface area contributed by atoms with Gasteiger partial charge in [-0.05, 0) is 35.9 Å². The van der Waals surface area contributed by atoms with Crippen LogP contribution in [0.5, 0.6) is 0 Å². The number of carbonyl (C=O) groups excluding carboxylic acids is 1. The second-order valence-corrected chi connectivity index (χ2v) is 3.94. The van der Waals surface area contributed by atoms with Gasteiger partial charge >= 0.3 is 0 Å². The molecular weight excluding hydrogens is 268 g/mol. The molecule has 1 aromatic heterocycles. The lowest BCUT2D eigenvalue weighted by atomic mass is 10.2. The number of hydrogen-bond donors (Lipinski definition) is 1. The van der Waals surface area contributed by atoms with E-state index in [0.717, 1.165) is 6.07 Å². The fraction of sp³-hybridized carbons (Fsp3) is 0. The van der Waals surface area contributed by atoms with Crippen LogP contribution in [0.3, 0.4) is 0 Å². The number of anilines is 1. The maximum absolute atomic E-state index is 12.8. The summed E-state index contributed by atoms with van der Waals surface area (Å²) in [6.07, 6.45) is 1.30. The monoisotopic (exact) mass is 273 g/mol. The van der Waals surface area contributed by atoms with E-state index in [0.29, 0.717) is 5.69 Å². The number of rotatable bonds is 2. The van der Waals surface area contributed by atoms with Crippen LogP contribution in [0.2, 0.25) is 10.2 Å². The molecule has 0 bridgehead atoms. The van der Waals surface area contributed by atoms with Crippen LogP contribution in [0.25, 0.3) is 0 Å². The first-order valence-corrected chi connectivity index (χ1v) is 5.33. The van der Waals surface area contributed by atoms with E-state index in [2.05, 4.69) is 5.32 Å². The van der Waals surface area contributed by atoms with E-state index in [4.69, 9.17) is 27.6 Å². The quantitative estimate of drug-likeness (QED) is 0.900. The van der Waals surface area contributed by atoms with E-state index in [1.807, 2.05) is 0 Å². The first-order chi connectivity index (χ1) is 8.08.